The molecule has 1 amide bonds. The van der Waals surface area contributed by atoms with E-state index >= 15 is 0 Å². The molecule has 2 aromatic carbocycles. The largest absolute Gasteiger partial charge is 0.467 e. The molecule has 0 radical (unpaired) electrons. The van der Waals surface area contributed by atoms with E-state index in [4.69, 9.17) is 4.42 Å². The zero-order valence-electron chi connectivity index (χ0n) is 17.1. The van der Waals surface area contributed by atoms with Crippen molar-refractivity contribution < 1.29 is 22.9 Å². The lowest BCUT2D eigenvalue weighted by molar-refractivity contribution is -0.384. The molecule has 9 heteroatoms. The van der Waals surface area contributed by atoms with E-state index in [0.717, 1.165) is 12.1 Å². The van der Waals surface area contributed by atoms with Gasteiger partial charge < -0.3 is 14.2 Å². The van der Waals surface area contributed by atoms with Crippen LogP contribution in [0.1, 0.15) is 18.6 Å². The van der Waals surface area contributed by atoms with Crippen LogP contribution in [0.15, 0.2) is 65.3 Å². The van der Waals surface area contributed by atoms with Gasteiger partial charge in [-0.1, -0.05) is 12.1 Å². The minimum absolute atomic E-state index is 0.0127. The Balaban J connectivity index is 1.53. The van der Waals surface area contributed by atoms with E-state index in [2.05, 4.69) is 0 Å². The zero-order chi connectivity index (χ0) is 22.7. The minimum atomic E-state index is -0.831. The van der Waals surface area contributed by atoms with Gasteiger partial charge in [0.1, 0.15) is 23.1 Å². The van der Waals surface area contributed by atoms with Gasteiger partial charge in [-0.2, -0.15) is 0 Å². The molecule has 4 rings (SSSR count). The van der Waals surface area contributed by atoms with Gasteiger partial charge in [-0.15, -0.1) is 0 Å². The fraction of sp³-hybridized carbons (Fsp3) is 0.261. The molecule has 0 N–H and O–H groups in total. The molecule has 1 aliphatic rings. The summed E-state index contributed by atoms with van der Waals surface area (Å²) in [7, 11) is 0. The van der Waals surface area contributed by atoms with Crippen LogP contribution < -0.4 is 9.80 Å². The number of nitro groups is 1. The molecule has 0 spiro atoms. The molecule has 3 aromatic rings. The van der Waals surface area contributed by atoms with Crippen molar-refractivity contribution >= 4 is 23.0 Å². The highest BCUT2D eigenvalue weighted by Crippen LogP contribution is 2.33. The van der Waals surface area contributed by atoms with Gasteiger partial charge in [-0.05, 0) is 43.2 Å². The van der Waals surface area contributed by atoms with Crippen molar-refractivity contribution in [2.45, 2.75) is 19.4 Å². The lowest BCUT2D eigenvalue weighted by Crippen LogP contribution is -2.43. The third-order valence-electron chi connectivity index (χ3n) is 5.62. The Morgan fingerprint density at radius 3 is 2.53 bits per heavy atom. The molecule has 1 aliphatic heterocycles. The molecule has 0 bridgehead atoms. The predicted octanol–water partition coefficient (Wildman–Crippen LogP) is 4.92. The number of halogens is 2. The number of rotatable bonds is 6. The standard InChI is InChI=1S/C23H21F2N3O4/c24-17-7-8-20(19(25)14-17)27(15-18-4-3-13-32-18)23(29)16-9-11-26(12-10-16)21-5-1-2-6-22(21)28(30)31/h1-8,13-14,16H,9-12,15H2. The fourth-order valence-corrected chi connectivity index (χ4v) is 4.01. The van der Waals surface area contributed by atoms with Crippen molar-refractivity contribution in [1.29, 1.82) is 0 Å². The SMILES string of the molecule is O=C(C1CCN(c2ccccc2[N+](=O)[O-])CC1)N(Cc1ccco1)c1ccc(F)cc1F. The molecular formula is C23H21F2N3O4. The first-order valence-electron chi connectivity index (χ1n) is 10.2. The summed E-state index contributed by atoms with van der Waals surface area (Å²) in [4.78, 5) is 27.5. The van der Waals surface area contributed by atoms with Gasteiger partial charge in [0, 0.05) is 31.1 Å². The second-order valence-corrected chi connectivity index (χ2v) is 7.61. The number of hydrogen-bond donors (Lipinski definition) is 0. The average Bonchev–Trinajstić information content (AvgIpc) is 3.31. The molecule has 0 unspecified atom stereocenters. The van der Waals surface area contributed by atoms with E-state index in [9.17, 15) is 23.7 Å². The normalized spacial score (nSPS) is 14.4. The van der Waals surface area contributed by atoms with Crippen LogP contribution in [0.25, 0.3) is 0 Å². The fourth-order valence-electron chi connectivity index (χ4n) is 4.01. The van der Waals surface area contributed by atoms with Gasteiger partial charge in [0.25, 0.3) is 5.69 Å². The second kappa shape index (κ2) is 9.17. The Bertz CT molecular complexity index is 1110. The van der Waals surface area contributed by atoms with E-state index in [1.807, 2.05) is 4.90 Å². The van der Waals surface area contributed by atoms with Crippen LogP contribution in [0.5, 0.6) is 0 Å². The molecule has 0 atom stereocenters. The molecular weight excluding hydrogens is 420 g/mol. The maximum Gasteiger partial charge on any atom is 0.292 e. The van der Waals surface area contributed by atoms with E-state index in [-0.39, 0.29) is 23.8 Å². The lowest BCUT2D eigenvalue weighted by atomic mass is 9.94. The molecule has 166 valence electrons. The van der Waals surface area contributed by atoms with Crippen LogP contribution in [-0.4, -0.2) is 23.9 Å². The van der Waals surface area contributed by atoms with Crippen molar-refractivity contribution in [2.24, 2.45) is 5.92 Å². The van der Waals surface area contributed by atoms with Crippen LogP contribution >= 0.6 is 0 Å². The molecule has 32 heavy (non-hydrogen) atoms. The van der Waals surface area contributed by atoms with Gasteiger partial charge in [0.2, 0.25) is 5.91 Å². The van der Waals surface area contributed by atoms with Crippen LogP contribution in [0.2, 0.25) is 0 Å². The molecule has 2 heterocycles. The second-order valence-electron chi connectivity index (χ2n) is 7.61. The summed E-state index contributed by atoms with van der Waals surface area (Å²) < 4.78 is 33.3. The van der Waals surface area contributed by atoms with E-state index in [1.165, 1.54) is 23.3 Å². The number of nitrogens with zero attached hydrogens (tertiary/aromatic N) is 3. The predicted molar refractivity (Wildman–Crippen MR) is 114 cm³/mol. The first kappa shape index (κ1) is 21.5. The highest BCUT2D eigenvalue weighted by atomic mass is 19.1. The van der Waals surface area contributed by atoms with Crippen molar-refractivity contribution in [3.8, 4) is 0 Å². The Morgan fingerprint density at radius 1 is 1.12 bits per heavy atom. The van der Waals surface area contributed by atoms with Crippen molar-refractivity contribution in [1.82, 2.24) is 0 Å². The average molecular weight is 441 g/mol. The number of piperidine rings is 1. The number of para-hydroxylation sites is 2. The molecule has 0 saturated carbocycles. The van der Waals surface area contributed by atoms with Gasteiger partial charge in [-0.3, -0.25) is 14.9 Å². The number of amides is 1. The summed E-state index contributed by atoms with van der Waals surface area (Å²) >= 11 is 0. The topological polar surface area (TPSA) is 79.8 Å². The first-order valence-corrected chi connectivity index (χ1v) is 10.2. The highest BCUT2D eigenvalue weighted by Gasteiger charge is 2.32. The Kier molecular flexibility index (Phi) is 6.16. The number of benzene rings is 2. The maximum atomic E-state index is 14.5. The van der Waals surface area contributed by atoms with E-state index in [1.54, 1.807) is 30.3 Å². The van der Waals surface area contributed by atoms with Crippen molar-refractivity contribution in [3.05, 3.63) is 88.4 Å². The molecule has 1 fully saturated rings. The lowest BCUT2D eigenvalue weighted by Gasteiger charge is -2.35. The minimum Gasteiger partial charge on any atom is -0.467 e. The maximum absolute atomic E-state index is 14.5. The van der Waals surface area contributed by atoms with Gasteiger partial charge in [-0.25, -0.2) is 8.78 Å². The summed E-state index contributed by atoms with van der Waals surface area (Å²) in [5.41, 5.74) is 0.513. The van der Waals surface area contributed by atoms with E-state index in [0.29, 0.717) is 37.4 Å². The summed E-state index contributed by atoms with van der Waals surface area (Å²) in [6.07, 6.45) is 2.36. The number of hydrogen-bond acceptors (Lipinski definition) is 5. The van der Waals surface area contributed by atoms with Gasteiger partial charge in [0.15, 0.2) is 0 Å². The number of furan rings is 1. The van der Waals surface area contributed by atoms with Gasteiger partial charge >= 0.3 is 0 Å². The smallest absolute Gasteiger partial charge is 0.292 e. The molecule has 7 nitrogen and oxygen atoms in total. The number of carbonyl (C=O) groups excluding carboxylic acids is 1. The first-order chi connectivity index (χ1) is 15.4. The van der Waals surface area contributed by atoms with Crippen LogP contribution in [0.3, 0.4) is 0 Å². The Labute approximate surface area is 183 Å². The van der Waals surface area contributed by atoms with Crippen molar-refractivity contribution in [2.75, 3.05) is 22.9 Å². The third-order valence-corrected chi connectivity index (χ3v) is 5.62. The quantitative estimate of drug-likeness (QED) is 0.401. The van der Waals surface area contributed by atoms with Crippen LogP contribution in [0.4, 0.5) is 25.8 Å². The van der Waals surface area contributed by atoms with Crippen molar-refractivity contribution in [3.63, 3.8) is 0 Å². The Hall–Kier alpha value is -3.75. The zero-order valence-corrected chi connectivity index (χ0v) is 17.1. The van der Waals surface area contributed by atoms with Crippen LogP contribution in [-0.2, 0) is 11.3 Å². The molecule has 0 aliphatic carbocycles. The van der Waals surface area contributed by atoms with E-state index < -0.39 is 22.5 Å². The summed E-state index contributed by atoms with van der Waals surface area (Å²) in [5.74, 6) is -1.79. The number of carbonyl (C=O) groups is 1. The van der Waals surface area contributed by atoms with Crippen LogP contribution in [0, 0.1) is 27.7 Å². The highest BCUT2D eigenvalue weighted by molar-refractivity contribution is 5.95. The summed E-state index contributed by atoms with van der Waals surface area (Å²) in [5, 5.41) is 11.3. The summed E-state index contributed by atoms with van der Waals surface area (Å²) in [6.45, 7) is 0.905. The molecule has 1 aromatic heterocycles. The molecule has 1 saturated heterocycles. The van der Waals surface area contributed by atoms with Gasteiger partial charge in [0.05, 0.1) is 23.4 Å². The Morgan fingerprint density at radius 2 is 1.88 bits per heavy atom. The third kappa shape index (κ3) is 4.46. The number of nitro benzene ring substituents is 1. The monoisotopic (exact) mass is 441 g/mol. The number of anilines is 2. The summed E-state index contributed by atoms with van der Waals surface area (Å²) in [6, 6.07) is 12.9.